The van der Waals surface area contributed by atoms with Crippen molar-refractivity contribution in [1.82, 2.24) is 14.5 Å². The minimum atomic E-state index is -4.05. The number of carbonyl (C=O) groups excluding carboxylic acids is 3. The zero-order chi connectivity index (χ0) is 29.0. The molecule has 0 spiro atoms. The number of halogens is 1. The van der Waals surface area contributed by atoms with Crippen LogP contribution in [0.5, 0.6) is 0 Å². The van der Waals surface area contributed by atoms with Crippen LogP contribution in [0.2, 0.25) is 0 Å². The molecule has 0 saturated heterocycles. The third kappa shape index (κ3) is 6.54. The van der Waals surface area contributed by atoms with Gasteiger partial charge in [-0.15, -0.1) is 0 Å². The molecule has 0 unspecified atom stereocenters. The van der Waals surface area contributed by atoms with Gasteiger partial charge in [0.1, 0.15) is 10.9 Å². The second kappa shape index (κ2) is 12.6. The Bertz CT molecular complexity index is 1520. The molecule has 1 heterocycles. The van der Waals surface area contributed by atoms with Gasteiger partial charge in [0.25, 0.3) is 15.9 Å². The molecule has 1 saturated carbocycles. The molecule has 8 nitrogen and oxygen atoms in total. The largest absolute Gasteiger partial charge is 0.352 e. The van der Waals surface area contributed by atoms with E-state index in [4.69, 9.17) is 0 Å². The van der Waals surface area contributed by atoms with Gasteiger partial charge in [0.15, 0.2) is 0 Å². The van der Waals surface area contributed by atoms with Crippen LogP contribution in [0.4, 0.5) is 0 Å². The molecular formula is C31H32BrN3O5S. The van der Waals surface area contributed by atoms with Crippen LogP contribution in [0.25, 0.3) is 0 Å². The summed E-state index contributed by atoms with van der Waals surface area (Å²) in [6.45, 7) is -0.156. The summed E-state index contributed by atoms with van der Waals surface area (Å²) in [5.74, 6) is -1.29. The van der Waals surface area contributed by atoms with E-state index in [1.54, 1.807) is 12.1 Å². The van der Waals surface area contributed by atoms with Gasteiger partial charge >= 0.3 is 0 Å². The summed E-state index contributed by atoms with van der Waals surface area (Å²) < 4.78 is 27.8. The second-order valence-corrected chi connectivity index (χ2v) is 13.2. The van der Waals surface area contributed by atoms with E-state index in [-0.39, 0.29) is 41.9 Å². The molecule has 1 aliphatic carbocycles. The molecule has 5 rings (SSSR count). The van der Waals surface area contributed by atoms with Gasteiger partial charge < -0.3 is 10.2 Å². The number of amides is 3. The summed E-state index contributed by atoms with van der Waals surface area (Å²) in [6, 6.07) is 22.3. The highest BCUT2D eigenvalue weighted by atomic mass is 79.9. The van der Waals surface area contributed by atoms with Crippen molar-refractivity contribution in [1.29, 1.82) is 0 Å². The molecule has 2 aliphatic rings. The Balaban J connectivity index is 1.42. The van der Waals surface area contributed by atoms with E-state index in [0.717, 1.165) is 45.6 Å². The van der Waals surface area contributed by atoms with Crippen LogP contribution >= 0.6 is 15.9 Å². The third-order valence-corrected chi connectivity index (χ3v) is 10.0. The Morgan fingerprint density at radius 3 is 2.27 bits per heavy atom. The smallest absolute Gasteiger partial charge is 0.269 e. The molecule has 1 fully saturated rings. The lowest BCUT2D eigenvalue weighted by atomic mass is 10.0. The van der Waals surface area contributed by atoms with Crippen LogP contribution in [0.3, 0.4) is 0 Å². The quantitative estimate of drug-likeness (QED) is 0.348. The fourth-order valence-electron chi connectivity index (χ4n) is 5.50. The van der Waals surface area contributed by atoms with Crippen molar-refractivity contribution in [3.8, 4) is 0 Å². The average Bonchev–Trinajstić information content (AvgIpc) is 3.55. The van der Waals surface area contributed by atoms with E-state index >= 15 is 0 Å². The van der Waals surface area contributed by atoms with Crippen LogP contribution in [0.15, 0.2) is 88.2 Å². The van der Waals surface area contributed by atoms with Crippen molar-refractivity contribution in [3.05, 3.63) is 100 Å². The molecule has 0 aromatic heterocycles. The number of hydrogen-bond donors (Lipinski definition) is 1. The summed E-state index contributed by atoms with van der Waals surface area (Å²) in [5.41, 5.74) is 1.83. The lowest BCUT2D eigenvalue weighted by Crippen LogP contribution is -2.52. The maximum absolute atomic E-state index is 13.9. The predicted molar refractivity (Wildman–Crippen MR) is 158 cm³/mol. The van der Waals surface area contributed by atoms with Crippen molar-refractivity contribution in [2.24, 2.45) is 0 Å². The van der Waals surface area contributed by atoms with E-state index in [9.17, 15) is 22.8 Å². The summed E-state index contributed by atoms with van der Waals surface area (Å²) in [7, 11) is -4.05. The molecule has 214 valence electrons. The van der Waals surface area contributed by atoms with E-state index in [1.165, 1.54) is 17.0 Å². The van der Waals surface area contributed by atoms with Gasteiger partial charge in [-0.05, 0) is 48.2 Å². The number of sulfonamides is 1. The van der Waals surface area contributed by atoms with Gasteiger partial charge in [-0.2, -0.15) is 0 Å². The SMILES string of the molecule is O=C(NC1CCCC1)[C@H](Cc1ccccc1)N(Cc1ccc(Br)cc1)C(=O)CCN1C(=O)c2ccccc2S1(=O)=O. The first-order chi connectivity index (χ1) is 19.7. The number of benzene rings is 3. The van der Waals surface area contributed by atoms with Crippen LogP contribution in [0.1, 0.15) is 53.6 Å². The average molecular weight is 639 g/mol. The highest BCUT2D eigenvalue weighted by Crippen LogP contribution is 2.30. The Labute approximate surface area is 248 Å². The van der Waals surface area contributed by atoms with Gasteiger partial charge in [-0.1, -0.05) is 83.4 Å². The molecule has 3 aromatic carbocycles. The Morgan fingerprint density at radius 2 is 1.59 bits per heavy atom. The standard InChI is InChI=1S/C31H32BrN3O5S/c32-24-16-14-23(15-17-24)21-34(27(20-22-8-2-1-3-9-22)30(37)33-25-10-4-5-11-25)29(36)18-19-35-31(38)26-12-6-7-13-28(26)41(35,39)40/h1-3,6-9,12-17,25,27H,4-5,10-11,18-21H2,(H,33,37)/t27-/m0/s1. The fraction of sp³-hybridized carbons (Fsp3) is 0.323. The van der Waals surface area contributed by atoms with Crippen molar-refractivity contribution < 1.29 is 22.8 Å². The van der Waals surface area contributed by atoms with Crippen molar-refractivity contribution >= 4 is 43.7 Å². The van der Waals surface area contributed by atoms with Gasteiger partial charge in [-0.25, -0.2) is 12.7 Å². The Hall–Kier alpha value is -3.50. The van der Waals surface area contributed by atoms with E-state index < -0.39 is 27.9 Å². The predicted octanol–water partition coefficient (Wildman–Crippen LogP) is 4.68. The Kier molecular flexibility index (Phi) is 8.89. The zero-order valence-corrected chi connectivity index (χ0v) is 24.9. The molecule has 1 N–H and O–H groups in total. The number of nitrogens with zero attached hydrogens (tertiary/aromatic N) is 2. The molecule has 3 amide bonds. The first-order valence-corrected chi connectivity index (χ1v) is 16.0. The van der Waals surface area contributed by atoms with Gasteiger partial charge in [0, 0.05) is 36.4 Å². The summed E-state index contributed by atoms with van der Waals surface area (Å²) in [4.78, 5) is 42.1. The maximum atomic E-state index is 13.9. The van der Waals surface area contributed by atoms with Crippen LogP contribution in [-0.4, -0.2) is 54.0 Å². The third-order valence-electron chi connectivity index (χ3n) is 7.68. The first kappa shape index (κ1) is 29.0. The monoisotopic (exact) mass is 637 g/mol. The number of rotatable bonds is 10. The fourth-order valence-corrected chi connectivity index (χ4v) is 7.33. The number of carbonyl (C=O) groups is 3. The highest BCUT2D eigenvalue weighted by molar-refractivity contribution is 9.10. The molecule has 1 aliphatic heterocycles. The minimum absolute atomic E-state index is 0.0536. The van der Waals surface area contributed by atoms with E-state index in [2.05, 4.69) is 21.2 Å². The normalized spacial score (nSPS) is 16.8. The number of nitrogens with one attached hydrogen (secondary N) is 1. The lowest BCUT2D eigenvalue weighted by molar-refractivity contribution is -0.141. The van der Waals surface area contributed by atoms with Gasteiger partial charge in [0.2, 0.25) is 11.8 Å². The zero-order valence-electron chi connectivity index (χ0n) is 22.5. The first-order valence-electron chi connectivity index (χ1n) is 13.8. The summed E-state index contributed by atoms with van der Waals surface area (Å²) >= 11 is 3.44. The van der Waals surface area contributed by atoms with E-state index in [1.807, 2.05) is 54.6 Å². The van der Waals surface area contributed by atoms with Crippen molar-refractivity contribution in [2.75, 3.05) is 6.54 Å². The Morgan fingerprint density at radius 1 is 0.927 bits per heavy atom. The van der Waals surface area contributed by atoms with Crippen molar-refractivity contribution in [3.63, 3.8) is 0 Å². The molecular weight excluding hydrogens is 606 g/mol. The summed E-state index contributed by atoms with van der Waals surface area (Å²) in [5, 5.41) is 3.16. The summed E-state index contributed by atoms with van der Waals surface area (Å²) in [6.07, 6.45) is 3.96. The topological polar surface area (TPSA) is 104 Å². The number of fused-ring (bicyclic) bond motifs is 1. The van der Waals surface area contributed by atoms with Crippen LogP contribution in [0, 0.1) is 0 Å². The molecule has 1 atom stereocenters. The van der Waals surface area contributed by atoms with Crippen LogP contribution < -0.4 is 5.32 Å². The highest BCUT2D eigenvalue weighted by Gasteiger charge is 2.41. The van der Waals surface area contributed by atoms with E-state index in [0.29, 0.717) is 6.42 Å². The maximum Gasteiger partial charge on any atom is 0.269 e. The molecule has 0 bridgehead atoms. The molecule has 41 heavy (non-hydrogen) atoms. The second-order valence-electron chi connectivity index (χ2n) is 10.5. The van der Waals surface area contributed by atoms with Crippen LogP contribution in [-0.2, 0) is 32.6 Å². The molecule has 10 heteroatoms. The lowest BCUT2D eigenvalue weighted by Gasteiger charge is -2.33. The minimum Gasteiger partial charge on any atom is -0.352 e. The van der Waals surface area contributed by atoms with Gasteiger partial charge in [-0.3, -0.25) is 14.4 Å². The number of hydrogen-bond acceptors (Lipinski definition) is 5. The molecule has 0 radical (unpaired) electrons. The molecule has 3 aromatic rings. The van der Waals surface area contributed by atoms with Crippen molar-refractivity contribution in [2.45, 2.75) is 62.0 Å². The van der Waals surface area contributed by atoms with Gasteiger partial charge in [0.05, 0.1) is 5.56 Å².